The van der Waals surface area contributed by atoms with Crippen molar-refractivity contribution in [2.45, 2.75) is 32.5 Å². The first kappa shape index (κ1) is 21.8. The minimum atomic E-state index is -2.96. The number of aliphatic imine (C=N–C) groups is 1. The number of hydrogen-bond donors (Lipinski definition) is 2. The minimum Gasteiger partial charge on any atom is -0.489 e. The third-order valence-corrected chi connectivity index (χ3v) is 5.11. The van der Waals surface area contributed by atoms with Crippen LogP contribution in [0.2, 0.25) is 0 Å². The molecule has 0 amide bonds. The Morgan fingerprint density at radius 2 is 1.82 bits per heavy atom. The van der Waals surface area contributed by atoms with E-state index >= 15 is 0 Å². The Kier molecular flexibility index (Phi) is 8.32. The Morgan fingerprint density at radius 3 is 2.50 bits per heavy atom. The molecule has 1 atom stereocenters. The molecule has 0 bridgehead atoms. The van der Waals surface area contributed by atoms with Gasteiger partial charge in [0.05, 0.1) is 5.75 Å². The van der Waals surface area contributed by atoms with Gasteiger partial charge in [-0.3, -0.25) is 4.99 Å². The molecule has 7 heteroatoms. The van der Waals surface area contributed by atoms with Gasteiger partial charge in [0.1, 0.15) is 22.2 Å². The first-order valence-corrected chi connectivity index (χ1v) is 11.3. The quantitative estimate of drug-likeness (QED) is 0.497. The Morgan fingerprint density at radius 1 is 1.11 bits per heavy atom. The molecule has 0 saturated heterocycles. The first-order chi connectivity index (χ1) is 13.4. The van der Waals surface area contributed by atoms with Gasteiger partial charge in [0.15, 0.2) is 5.96 Å². The summed E-state index contributed by atoms with van der Waals surface area (Å²) < 4.78 is 28.4. The average Bonchev–Trinajstić information content (AvgIpc) is 2.68. The number of guanidine groups is 1. The van der Waals surface area contributed by atoms with E-state index in [1.54, 1.807) is 7.05 Å². The summed E-state index contributed by atoms with van der Waals surface area (Å²) in [5.41, 5.74) is 2.19. The fraction of sp³-hybridized carbons (Fsp3) is 0.381. The molecule has 1 unspecified atom stereocenters. The predicted octanol–water partition coefficient (Wildman–Crippen LogP) is 2.75. The van der Waals surface area contributed by atoms with E-state index in [4.69, 9.17) is 4.74 Å². The maximum atomic E-state index is 11.3. The number of nitrogens with zero attached hydrogens (tertiary/aromatic N) is 1. The Hall–Kier alpha value is -2.54. The fourth-order valence-electron chi connectivity index (χ4n) is 2.56. The van der Waals surface area contributed by atoms with Gasteiger partial charge >= 0.3 is 0 Å². The molecule has 0 aliphatic heterocycles. The fourth-order valence-corrected chi connectivity index (χ4v) is 3.34. The maximum absolute atomic E-state index is 11.3. The molecule has 0 aliphatic carbocycles. The highest BCUT2D eigenvalue weighted by atomic mass is 32.2. The van der Waals surface area contributed by atoms with Crippen molar-refractivity contribution in [3.05, 3.63) is 65.7 Å². The van der Waals surface area contributed by atoms with Crippen LogP contribution in [0.5, 0.6) is 5.75 Å². The number of nitrogens with one attached hydrogen (secondary N) is 2. The normalized spacial score (nSPS) is 13.0. The van der Waals surface area contributed by atoms with Gasteiger partial charge in [0.25, 0.3) is 0 Å². The van der Waals surface area contributed by atoms with Crippen LogP contribution in [0.25, 0.3) is 0 Å². The highest BCUT2D eigenvalue weighted by Gasteiger charge is 2.09. The largest absolute Gasteiger partial charge is 0.489 e. The Bertz CT molecular complexity index is 867. The van der Waals surface area contributed by atoms with Crippen molar-refractivity contribution >= 4 is 15.8 Å². The topological polar surface area (TPSA) is 79.8 Å². The summed E-state index contributed by atoms with van der Waals surface area (Å²) in [6.07, 6.45) is 1.78. The summed E-state index contributed by atoms with van der Waals surface area (Å²) >= 11 is 0. The van der Waals surface area contributed by atoms with Crippen LogP contribution in [0.4, 0.5) is 0 Å². The van der Waals surface area contributed by atoms with Gasteiger partial charge in [-0.05, 0) is 36.6 Å². The third-order valence-electron chi connectivity index (χ3n) is 4.14. The van der Waals surface area contributed by atoms with E-state index in [1.165, 1.54) is 6.26 Å². The van der Waals surface area contributed by atoms with Crippen molar-refractivity contribution in [2.75, 3.05) is 19.1 Å². The number of rotatable bonds is 9. The molecule has 152 valence electrons. The van der Waals surface area contributed by atoms with Gasteiger partial charge in [0.2, 0.25) is 0 Å². The molecule has 0 aliphatic rings. The van der Waals surface area contributed by atoms with Crippen LogP contribution in [-0.2, 0) is 23.0 Å². The maximum Gasteiger partial charge on any atom is 0.191 e. The van der Waals surface area contributed by atoms with Crippen molar-refractivity contribution in [2.24, 2.45) is 4.99 Å². The van der Waals surface area contributed by atoms with Crippen LogP contribution in [0.1, 0.15) is 24.5 Å². The molecule has 0 fully saturated rings. The Balaban J connectivity index is 1.83. The van der Waals surface area contributed by atoms with Crippen molar-refractivity contribution in [3.8, 4) is 5.75 Å². The monoisotopic (exact) mass is 403 g/mol. The lowest BCUT2D eigenvalue weighted by molar-refractivity contribution is 0.306. The van der Waals surface area contributed by atoms with Gasteiger partial charge in [0, 0.05) is 25.9 Å². The summed E-state index contributed by atoms with van der Waals surface area (Å²) in [6.45, 7) is 3.05. The molecule has 0 heterocycles. The SMILES string of the molecule is CN=C(NCc1cccc(OCc2ccccc2)c1)NC(C)CCS(C)(=O)=O. The summed E-state index contributed by atoms with van der Waals surface area (Å²) in [5, 5.41) is 6.46. The second kappa shape index (κ2) is 10.7. The van der Waals surface area contributed by atoms with E-state index in [0.717, 1.165) is 16.9 Å². The molecule has 28 heavy (non-hydrogen) atoms. The van der Waals surface area contributed by atoms with Crippen molar-refractivity contribution in [3.63, 3.8) is 0 Å². The predicted molar refractivity (Wildman–Crippen MR) is 114 cm³/mol. The summed E-state index contributed by atoms with van der Waals surface area (Å²) in [4.78, 5) is 4.20. The smallest absolute Gasteiger partial charge is 0.191 e. The molecule has 0 spiro atoms. The zero-order valence-electron chi connectivity index (χ0n) is 16.7. The van der Waals surface area contributed by atoms with Gasteiger partial charge in [-0.25, -0.2) is 8.42 Å². The molecular formula is C21H29N3O3S. The number of sulfone groups is 1. The van der Waals surface area contributed by atoms with E-state index in [9.17, 15) is 8.42 Å². The molecule has 2 aromatic carbocycles. The molecular weight excluding hydrogens is 374 g/mol. The van der Waals surface area contributed by atoms with Gasteiger partial charge in [-0.1, -0.05) is 42.5 Å². The van der Waals surface area contributed by atoms with Crippen LogP contribution < -0.4 is 15.4 Å². The lowest BCUT2D eigenvalue weighted by atomic mass is 10.2. The molecule has 2 N–H and O–H groups in total. The lowest BCUT2D eigenvalue weighted by Gasteiger charge is -2.18. The van der Waals surface area contributed by atoms with E-state index in [1.807, 2.05) is 61.5 Å². The molecule has 0 saturated carbocycles. The number of ether oxygens (including phenoxy) is 1. The molecule has 6 nitrogen and oxygen atoms in total. The minimum absolute atomic E-state index is 0.00136. The standard InChI is InChI=1S/C21H29N3O3S/c1-17(12-13-28(3,25)26)24-21(22-2)23-15-19-10-7-11-20(14-19)27-16-18-8-5-4-6-9-18/h4-11,14,17H,12-13,15-16H2,1-3H3,(H2,22,23,24). The second-order valence-electron chi connectivity index (χ2n) is 6.81. The van der Waals surface area contributed by atoms with Crippen molar-refractivity contribution in [1.82, 2.24) is 10.6 Å². The van der Waals surface area contributed by atoms with E-state index < -0.39 is 9.84 Å². The van der Waals surface area contributed by atoms with Crippen LogP contribution in [0.15, 0.2) is 59.6 Å². The molecule has 2 rings (SSSR count). The average molecular weight is 404 g/mol. The first-order valence-electron chi connectivity index (χ1n) is 9.26. The van der Waals surface area contributed by atoms with Crippen LogP contribution in [0.3, 0.4) is 0 Å². The van der Waals surface area contributed by atoms with Gasteiger partial charge in [-0.15, -0.1) is 0 Å². The second-order valence-corrected chi connectivity index (χ2v) is 9.07. The lowest BCUT2D eigenvalue weighted by Crippen LogP contribution is -2.42. The molecule has 0 aromatic heterocycles. The summed E-state index contributed by atoms with van der Waals surface area (Å²) in [6, 6.07) is 18.0. The highest BCUT2D eigenvalue weighted by molar-refractivity contribution is 7.90. The molecule has 2 aromatic rings. The van der Waals surface area contributed by atoms with E-state index in [-0.39, 0.29) is 11.8 Å². The number of hydrogen-bond acceptors (Lipinski definition) is 4. The zero-order valence-corrected chi connectivity index (χ0v) is 17.5. The van der Waals surface area contributed by atoms with E-state index in [0.29, 0.717) is 25.5 Å². The van der Waals surface area contributed by atoms with Crippen LogP contribution >= 0.6 is 0 Å². The van der Waals surface area contributed by atoms with Crippen molar-refractivity contribution in [1.29, 1.82) is 0 Å². The van der Waals surface area contributed by atoms with Crippen LogP contribution in [0, 0.1) is 0 Å². The third kappa shape index (κ3) is 8.43. The number of benzene rings is 2. The van der Waals surface area contributed by atoms with Crippen molar-refractivity contribution < 1.29 is 13.2 Å². The summed E-state index contributed by atoms with van der Waals surface area (Å²) in [5.74, 6) is 1.60. The van der Waals surface area contributed by atoms with Gasteiger partial charge in [-0.2, -0.15) is 0 Å². The highest BCUT2D eigenvalue weighted by Crippen LogP contribution is 2.15. The Labute approximate surface area is 168 Å². The van der Waals surface area contributed by atoms with E-state index in [2.05, 4.69) is 15.6 Å². The summed E-state index contributed by atoms with van der Waals surface area (Å²) in [7, 11) is -1.27. The molecule has 0 radical (unpaired) electrons. The zero-order chi connectivity index (χ0) is 20.4. The van der Waals surface area contributed by atoms with Gasteiger partial charge < -0.3 is 15.4 Å². The van der Waals surface area contributed by atoms with Crippen LogP contribution in [-0.4, -0.2) is 39.5 Å².